The van der Waals surface area contributed by atoms with Gasteiger partial charge in [0.15, 0.2) is 0 Å². The van der Waals surface area contributed by atoms with Crippen molar-refractivity contribution in [1.82, 2.24) is 9.88 Å². The number of hydrogen-bond donors (Lipinski definition) is 1. The zero-order chi connectivity index (χ0) is 15.3. The van der Waals surface area contributed by atoms with Gasteiger partial charge in [-0.3, -0.25) is 0 Å². The van der Waals surface area contributed by atoms with Crippen LogP contribution in [0.1, 0.15) is 38.3 Å². The van der Waals surface area contributed by atoms with E-state index in [4.69, 9.17) is 0 Å². The third kappa shape index (κ3) is 4.88. The third-order valence-corrected chi connectivity index (χ3v) is 3.91. The van der Waals surface area contributed by atoms with E-state index in [0.717, 1.165) is 25.6 Å². The van der Waals surface area contributed by atoms with Gasteiger partial charge in [0.2, 0.25) is 0 Å². The van der Waals surface area contributed by atoms with E-state index in [-0.39, 0.29) is 5.82 Å². The molecule has 1 fully saturated rings. The number of likely N-dealkylation sites (tertiary alicyclic amines) is 1. The summed E-state index contributed by atoms with van der Waals surface area (Å²) in [4.78, 5) is 6.04. The molecule has 0 spiro atoms. The van der Waals surface area contributed by atoms with E-state index in [9.17, 15) is 13.2 Å². The first-order valence-corrected chi connectivity index (χ1v) is 7.49. The van der Waals surface area contributed by atoms with Gasteiger partial charge >= 0.3 is 6.18 Å². The van der Waals surface area contributed by atoms with Crippen molar-refractivity contribution in [3.05, 3.63) is 23.9 Å². The Bertz CT molecular complexity index is 448. The average Bonchev–Trinajstić information content (AvgIpc) is 2.45. The minimum absolute atomic E-state index is 0.288. The van der Waals surface area contributed by atoms with Crippen LogP contribution in [0.25, 0.3) is 0 Å². The van der Waals surface area contributed by atoms with Crippen LogP contribution < -0.4 is 5.32 Å². The maximum atomic E-state index is 12.5. The zero-order valence-corrected chi connectivity index (χ0v) is 12.3. The fraction of sp³-hybridized carbons (Fsp3) is 0.667. The second-order valence-electron chi connectivity index (χ2n) is 5.57. The molecule has 0 amide bonds. The van der Waals surface area contributed by atoms with Crippen molar-refractivity contribution in [3.8, 4) is 0 Å². The van der Waals surface area contributed by atoms with Gasteiger partial charge in [-0.05, 0) is 44.9 Å². The van der Waals surface area contributed by atoms with Crippen LogP contribution in [0.3, 0.4) is 0 Å². The Labute approximate surface area is 123 Å². The summed E-state index contributed by atoms with van der Waals surface area (Å²) >= 11 is 0. The quantitative estimate of drug-likeness (QED) is 0.839. The number of hydrogen-bond acceptors (Lipinski definition) is 3. The first-order chi connectivity index (χ1) is 9.97. The van der Waals surface area contributed by atoms with Crippen molar-refractivity contribution in [1.29, 1.82) is 0 Å². The molecule has 1 aromatic heterocycles. The lowest BCUT2D eigenvalue weighted by Crippen LogP contribution is -2.38. The fourth-order valence-electron chi connectivity index (χ4n) is 2.68. The summed E-state index contributed by atoms with van der Waals surface area (Å²) in [5, 5.41) is 2.97. The largest absolute Gasteiger partial charge is 0.433 e. The van der Waals surface area contributed by atoms with Crippen LogP contribution in [0, 0.1) is 0 Å². The molecule has 1 aromatic rings. The van der Waals surface area contributed by atoms with Crippen molar-refractivity contribution >= 4 is 5.82 Å². The first-order valence-electron chi connectivity index (χ1n) is 7.49. The van der Waals surface area contributed by atoms with Crippen molar-refractivity contribution in [2.24, 2.45) is 0 Å². The molecular formula is C15H22F3N3. The summed E-state index contributed by atoms with van der Waals surface area (Å²) in [6.07, 6.45) is 0.294. The van der Waals surface area contributed by atoms with Crippen molar-refractivity contribution < 1.29 is 13.2 Å². The molecule has 0 aromatic carbocycles. The lowest BCUT2D eigenvalue weighted by atomic mass is 10.0. The van der Waals surface area contributed by atoms with Crippen LogP contribution in [0.2, 0.25) is 0 Å². The van der Waals surface area contributed by atoms with Gasteiger partial charge in [-0.25, -0.2) is 4.98 Å². The Morgan fingerprint density at radius 1 is 1.33 bits per heavy atom. The smallest absolute Gasteiger partial charge is 0.370 e. The first kappa shape index (κ1) is 16.1. The molecule has 0 radical (unpaired) electrons. The minimum atomic E-state index is -4.39. The lowest BCUT2D eigenvalue weighted by Gasteiger charge is -2.33. The highest BCUT2D eigenvalue weighted by Crippen LogP contribution is 2.28. The SMILES string of the molecule is CC1CCCCN1CCCNc1cccc(C(F)(F)F)n1. The van der Waals surface area contributed by atoms with E-state index < -0.39 is 11.9 Å². The van der Waals surface area contributed by atoms with Crippen LogP contribution >= 0.6 is 0 Å². The summed E-state index contributed by atoms with van der Waals surface area (Å²) in [5.74, 6) is 0.288. The number of halogens is 3. The molecular weight excluding hydrogens is 279 g/mol. The van der Waals surface area contributed by atoms with Crippen LogP contribution in [0.5, 0.6) is 0 Å². The van der Waals surface area contributed by atoms with Crippen LogP contribution in [0.15, 0.2) is 18.2 Å². The molecule has 3 nitrogen and oxygen atoms in total. The third-order valence-electron chi connectivity index (χ3n) is 3.91. The van der Waals surface area contributed by atoms with Gasteiger partial charge in [-0.1, -0.05) is 12.5 Å². The average molecular weight is 301 g/mol. The van der Waals surface area contributed by atoms with Gasteiger partial charge in [0.1, 0.15) is 11.5 Å². The van der Waals surface area contributed by atoms with E-state index >= 15 is 0 Å². The normalized spacial score (nSPS) is 20.5. The van der Waals surface area contributed by atoms with Crippen molar-refractivity contribution in [2.45, 2.75) is 44.8 Å². The van der Waals surface area contributed by atoms with E-state index in [1.54, 1.807) is 6.07 Å². The van der Waals surface area contributed by atoms with E-state index in [1.807, 2.05) is 0 Å². The molecule has 0 aliphatic carbocycles. The number of pyridine rings is 1. The van der Waals surface area contributed by atoms with Crippen LogP contribution in [-0.2, 0) is 6.18 Å². The Balaban J connectivity index is 1.76. The summed E-state index contributed by atoms with van der Waals surface area (Å²) in [6.45, 7) is 4.98. The minimum Gasteiger partial charge on any atom is -0.370 e. The van der Waals surface area contributed by atoms with Crippen LogP contribution in [0.4, 0.5) is 19.0 Å². The highest BCUT2D eigenvalue weighted by molar-refractivity contribution is 5.35. The molecule has 1 N–H and O–H groups in total. The Morgan fingerprint density at radius 3 is 2.86 bits per heavy atom. The molecule has 21 heavy (non-hydrogen) atoms. The van der Waals surface area contributed by atoms with Crippen molar-refractivity contribution in [3.63, 3.8) is 0 Å². The number of piperidine rings is 1. The number of nitrogens with zero attached hydrogens (tertiary/aromatic N) is 2. The van der Waals surface area contributed by atoms with Gasteiger partial charge < -0.3 is 10.2 Å². The molecule has 2 heterocycles. The van der Waals surface area contributed by atoms with Crippen molar-refractivity contribution in [2.75, 3.05) is 25.0 Å². The molecule has 0 saturated carbocycles. The number of nitrogens with one attached hydrogen (secondary N) is 1. The fourth-order valence-corrected chi connectivity index (χ4v) is 2.68. The van der Waals surface area contributed by atoms with Gasteiger partial charge in [0.25, 0.3) is 0 Å². The summed E-state index contributed by atoms with van der Waals surface area (Å²) < 4.78 is 37.6. The maximum absolute atomic E-state index is 12.5. The number of anilines is 1. The second kappa shape index (κ2) is 7.11. The molecule has 2 rings (SSSR count). The standard InChI is InChI=1S/C15H22F3N3/c1-12-6-2-3-10-21(12)11-5-9-19-14-8-4-7-13(20-14)15(16,17)18/h4,7-8,12H,2-3,5-6,9-11H2,1H3,(H,19,20). The maximum Gasteiger partial charge on any atom is 0.433 e. The molecule has 0 bridgehead atoms. The van der Waals surface area contributed by atoms with E-state index in [0.29, 0.717) is 12.6 Å². The lowest BCUT2D eigenvalue weighted by molar-refractivity contribution is -0.141. The molecule has 1 unspecified atom stereocenters. The molecule has 6 heteroatoms. The zero-order valence-electron chi connectivity index (χ0n) is 12.3. The van der Waals surface area contributed by atoms with E-state index in [2.05, 4.69) is 22.1 Å². The number of rotatable bonds is 5. The molecule has 1 saturated heterocycles. The summed E-state index contributed by atoms with van der Waals surface area (Å²) in [7, 11) is 0. The Kier molecular flexibility index (Phi) is 5.45. The number of aromatic nitrogens is 1. The van der Waals surface area contributed by atoms with Gasteiger partial charge in [-0.2, -0.15) is 13.2 Å². The predicted molar refractivity (Wildman–Crippen MR) is 77.2 cm³/mol. The van der Waals surface area contributed by atoms with Gasteiger partial charge in [0, 0.05) is 19.1 Å². The Hall–Kier alpha value is -1.30. The van der Waals surface area contributed by atoms with Gasteiger partial charge in [-0.15, -0.1) is 0 Å². The molecule has 118 valence electrons. The highest BCUT2D eigenvalue weighted by Gasteiger charge is 2.32. The van der Waals surface area contributed by atoms with Crippen LogP contribution in [-0.4, -0.2) is 35.6 Å². The molecule has 1 aliphatic rings. The topological polar surface area (TPSA) is 28.2 Å². The molecule has 1 aliphatic heterocycles. The Morgan fingerprint density at radius 2 is 2.14 bits per heavy atom. The highest BCUT2D eigenvalue weighted by atomic mass is 19.4. The predicted octanol–water partition coefficient (Wildman–Crippen LogP) is 3.78. The monoisotopic (exact) mass is 301 g/mol. The van der Waals surface area contributed by atoms with Gasteiger partial charge in [0.05, 0.1) is 0 Å². The summed E-state index contributed by atoms with van der Waals surface area (Å²) in [5.41, 5.74) is -0.850. The van der Waals surface area contributed by atoms with E-state index in [1.165, 1.54) is 25.3 Å². The summed E-state index contributed by atoms with van der Waals surface area (Å²) in [6, 6.07) is 4.55. The number of alkyl halides is 3. The second-order valence-corrected chi connectivity index (χ2v) is 5.57. The molecule has 1 atom stereocenters.